The summed E-state index contributed by atoms with van der Waals surface area (Å²) < 4.78 is 0. The van der Waals surface area contributed by atoms with Crippen LogP contribution in [0.3, 0.4) is 0 Å². The fourth-order valence-electron chi connectivity index (χ4n) is 0.737. The number of hydrogen-bond acceptors (Lipinski definition) is 1. The van der Waals surface area contributed by atoms with Crippen molar-refractivity contribution in [2.75, 3.05) is 0 Å². The Morgan fingerprint density at radius 1 is 1.57 bits per heavy atom. The van der Waals surface area contributed by atoms with Crippen molar-refractivity contribution in [1.29, 1.82) is 0 Å². The smallest absolute Gasteiger partial charge is 0.0496 e. The monoisotopic (exact) mass is 97.1 g/mol. The minimum Gasteiger partial charge on any atom is -0.294 e. The minimum absolute atomic E-state index is 0.583. The van der Waals surface area contributed by atoms with Crippen molar-refractivity contribution in [2.24, 2.45) is 10.9 Å². The standard InChI is InChI=1S/C6H11N/c1-5-3-4-7-6(5)2/h4-6H,3H2,1-2H3. The summed E-state index contributed by atoms with van der Waals surface area (Å²) in [7, 11) is 0. The van der Waals surface area contributed by atoms with Gasteiger partial charge in [0.25, 0.3) is 0 Å². The lowest BCUT2D eigenvalue weighted by Crippen LogP contribution is -2.03. The minimum atomic E-state index is 0.583. The van der Waals surface area contributed by atoms with Gasteiger partial charge in [0.05, 0.1) is 0 Å². The van der Waals surface area contributed by atoms with Crippen LogP contribution >= 0.6 is 0 Å². The van der Waals surface area contributed by atoms with Crippen LogP contribution < -0.4 is 0 Å². The molecule has 1 heterocycles. The van der Waals surface area contributed by atoms with E-state index in [0.717, 1.165) is 5.92 Å². The molecule has 0 aliphatic carbocycles. The number of hydrogen-bond donors (Lipinski definition) is 0. The molecule has 0 aromatic heterocycles. The van der Waals surface area contributed by atoms with Gasteiger partial charge in [-0.05, 0) is 25.5 Å². The van der Waals surface area contributed by atoms with Gasteiger partial charge in [-0.1, -0.05) is 6.92 Å². The average Bonchev–Trinajstić information content (AvgIpc) is 1.91. The molecule has 0 saturated heterocycles. The first-order valence-corrected chi connectivity index (χ1v) is 2.82. The fraction of sp³-hybridized carbons (Fsp3) is 0.833. The number of aliphatic imine (C=N–C) groups is 1. The molecule has 40 valence electrons. The van der Waals surface area contributed by atoms with Crippen molar-refractivity contribution in [3.63, 3.8) is 0 Å². The summed E-state index contributed by atoms with van der Waals surface area (Å²) in [5.74, 6) is 0.792. The van der Waals surface area contributed by atoms with Crippen LogP contribution in [0, 0.1) is 5.92 Å². The summed E-state index contributed by atoms with van der Waals surface area (Å²) in [5, 5.41) is 0. The Balaban J connectivity index is 2.45. The third kappa shape index (κ3) is 0.817. The molecule has 0 fully saturated rings. The van der Waals surface area contributed by atoms with Crippen molar-refractivity contribution in [2.45, 2.75) is 26.3 Å². The molecule has 1 aliphatic heterocycles. The summed E-state index contributed by atoms with van der Waals surface area (Å²) in [4.78, 5) is 4.19. The van der Waals surface area contributed by atoms with E-state index in [9.17, 15) is 0 Å². The zero-order valence-electron chi connectivity index (χ0n) is 4.89. The van der Waals surface area contributed by atoms with Gasteiger partial charge in [-0.3, -0.25) is 4.99 Å². The molecule has 0 radical (unpaired) electrons. The van der Waals surface area contributed by atoms with E-state index in [-0.39, 0.29) is 0 Å². The molecule has 2 atom stereocenters. The molecule has 2 unspecified atom stereocenters. The SMILES string of the molecule is CC1CC=NC1C. The molecule has 1 rings (SSSR count). The molecule has 0 spiro atoms. The van der Waals surface area contributed by atoms with E-state index in [1.54, 1.807) is 0 Å². The Bertz CT molecular complexity index is 86.2. The summed E-state index contributed by atoms with van der Waals surface area (Å²) in [5.41, 5.74) is 0. The summed E-state index contributed by atoms with van der Waals surface area (Å²) >= 11 is 0. The average molecular weight is 97.2 g/mol. The maximum Gasteiger partial charge on any atom is 0.0496 e. The number of nitrogens with zero attached hydrogens (tertiary/aromatic N) is 1. The molecule has 7 heavy (non-hydrogen) atoms. The lowest BCUT2D eigenvalue weighted by molar-refractivity contribution is 0.540. The Kier molecular flexibility index (Phi) is 1.13. The lowest BCUT2D eigenvalue weighted by atomic mass is 10.1. The van der Waals surface area contributed by atoms with E-state index in [1.807, 2.05) is 6.21 Å². The molecule has 0 aromatic carbocycles. The van der Waals surface area contributed by atoms with E-state index in [2.05, 4.69) is 18.8 Å². The maximum absolute atomic E-state index is 4.19. The van der Waals surface area contributed by atoms with E-state index < -0.39 is 0 Å². The van der Waals surface area contributed by atoms with Crippen molar-refractivity contribution in [3.8, 4) is 0 Å². The van der Waals surface area contributed by atoms with Gasteiger partial charge in [0, 0.05) is 6.04 Å². The van der Waals surface area contributed by atoms with Gasteiger partial charge >= 0.3 is 0 Å². The van der Waals surface area contributed by atoms with Gasteiger partial charge in [0.15, 0.2) is 0 Å². The molecular formula is C6H11N. The zero-order chi connectivity index (χ0) is 5.28. The Morgan fingerprint density at radius 3 is 2.43 bits per heavy atom. The van der Waals surface area contributed by atoms with Crippen LogP contribution in [0.5, 0.6) is 0 Å². The van der Waals surface area contributed by atoms with Crippen LogP contribution in [0.2, 0.25) is 0 Å². The first-order valence-electron chi connectivity index (χ1n) is 2.82. The predicted octanol–water partition coefficient (Wildman–Crippen LogP) is 1.49. The highest BCUT2D eigenvalue weighted by atomic mass is 14.8. The molecule has 1 nitrogen and oxygen atoms in total. The second-order valence-corrected chi connectivity index (χ2v) is 2.29. The van der Waals surface area contributed by atoms with Crippen molar-refractivity contribution >= 4 is 6.21 Å². The summed E-state index contributed by atoms with van der Waals surface area (Å²) in [6, 6.07) is 0.583. The van der Waals surface area contributed by atoms with E-state index in [1.165, 1.54) is 6.42 Å². The van der Waals surface area contributed by atoms with Crippen molar-refractivity contribution < 1.29 is 0 Å². The lowest BCUT2D eigenvalue weighted by Gasteiger charge is -2.03. The third-order valence-electron chi connectivity index (χ3n) is 1.64. The molecule has 0 aromatic rings. The Hall–Kier alpha value is -0.330. The van der Waals surface area contributed by atoms with E-state index in [0.29, 0.717) is 6.04 Å². The molecule has 0 N–H and O–H groups in total. The van der Waals surface area contributed by atoms with Crippen molar-refractivity contribution in [3.05, 3.63) is 0 Å². The maximum atomic E-state index is 4.19. The molecule has 1 heteroatoms. The molecule has 0 bridgehead atoms. The van der Waals surface area contributed by atoms with Gasteiger partial charge in [-0.2, -0.15) is 0 Å². The van der Waals surface area contributed by atoms with E-state index in [4.69, 9.17) is 0 Å². The third-order valence-corrected chi connectivity index (χ3v) is 1.64. The van der Waals surface area contributed by atoms with Crippen molar-refractivity contribution in [1.82, 2.24) is 0 Å². The van der Waals surface area contributed by atoms with Crippen LogP contribution in [0.15, 0.2) is 4.99 Å². The molecule has 0 amide bonds. The Labute approximate surface area is 44.5 Å². The second-order valence-electron chi connectivity index (χ2n) is 2.29. The fourth-order valence-corrected chi connectivity index (χ4v) is 0.737. The van der Waals surface area contributed by atoms with Gasteiger partial charge in [0.2, 0.25) is 0 Å². The van der Waals surface area contributed by atoms with Gasteiger partial charge in [-0.25, -0.2) is 0 Å². The summed E-state index contributed by atoms with van der Waals surface area (Å²) in [6.07, 6.45) is 3.20. The Morgan fingerprint density at radius 2 is 2.29 bits per heavy atom. The largest absolute Gasteiger partial charge is 0.294 e. The topological polar surface area (TPSA) is 12.4 Å². The van der Waals surface area contributed by atoms with Gasteiger partial charge in [-0.15, -0.1) is 0 Å². The highest BCUT2D eigenvalue weighted by Crippen LogP contribution is 2.14. The van der Waals surface area contributed by atoms with Crippen LogP contribution in [0.25, 0.3) is 0 Å². The second kappa shape index (κ2) is 1.65. The normalized spacial score (nSPS) is 39.7. The van der Waals surface area contributed by atoms with Gasteiger partial charge < -0.3 is 0 Å². The van der Waals surface area contributed by atoms with Crippen LogP contribution in [-0.4, -0.2) is 12.3 Å². The van der Waals surface area contributed by atoms with Gasteiger partial charge in [0.1, 0.15) is 0 Å². The molecule has 1 aliphatic rings. The highest BCUT2D eigenvalue weighted by molar-refractivity contribution is 5.60. The molecular weight excluding hydrogens is 86.1 g/mol. The number of rotatable bonds is 0. The quantitative estimate of drug-likeness (QED) is 0.434. The zero-order valence-corrected chi connectivity index (χ0v) is 4.89. The van der Waals surface area contributed by atoms with Crippen LogP contribution in [0.4, 0.5) is 0 Å². The first kappa shape index (κ1) is 4.82. The molecule has 0 saturated carbocycles. The van der Waals surface area contributed by atoms with Crippen LogP contribution in [0.1, 0.15) is 20.3 Å². The highest BCUT2D eigenvalue weighted by Gasteiger charge is 2.12. The van der Waals surface area contributed by atoms with Crippen LogP contribution in [-0.2, 0) is 0 Å². The first-order chi connectivity index (χ1) is 3.30. The summed E-state index contributed by atoms with van der Waals surface area (Å²) in [6.45, 7) is 4.39. The van der Waals surface area contributed by atoms with E-state index >= 15 is 0 Å². The predicted molar refractivity (Wildman–Crippen MR) is 31.7 cm³/mol.